The largest absolute Gasteiger partial charge is 0.508 e. The first kappa shape index (κ1) is 59.3. The van der Waals surface area contributed by atoms with Gasteiger partial charge in [-0.25, -0.2) is 34.1 Å². The van der Waals surface area contributed by atoms with Crippen molar-refractivity contribution >= 4 is 28.0 Å². The number of methoxy groups -OCH3 is 2. The fraction of sp³-hybridized carbons (Fsp3) is 0.439. The van der Waals surface area contributed by atoms with E-state index >= 15 is 0 Å². The van der Waals surface area contributed by atoms with Gasteiger partial charge in [0.1, 0.15) is 44.4 Å². The summed E-state index contributed by atoms with van der Waals surface area (Å²) in [5.74, 6) is -1.84. The molecule has 73 heavy (non-hydrogen) atoms. The van der Waals surface area contributed by atoms with E-state index < -0.39 is 124 Å². The van der Waals surface area contributed by atoms with Crippen LogP contribution in [0.4, 0.5) is 10.6 Å². The second-order valence-corrected chi connectivity index (χ2v) is 17.5. The van der Waals surface area contributed by atoms with Crippen molar-refractivity contribution in [3.63, 3.8) is 0 Å². The third kappa shape index (κ3) is 20.6. The van der Waals surface area contributed by atoms with Gasteiger partial charge in [-0.2, -0.15) is 13.4 Å². The summed E-state index contributed by atoms with van der Waals surface area (Å²) >= 11 is 0. The van der Waals surface area contributed by atoms with Crippen molar-refractivity contribution in [3.05, 3.63) is 72.4 Å². The highest BCUT2D eigenvalue weighted by Crippen LogP contribution is 2.42. The molecular formula is C41H56N8O23S. The Labute approximate surface area is 415 Å². The molecule has 4 rings (SSSR count). The van der Waals surface area contributed by atoms with Crippen LogP contribution in [0.15, 0.2) is 71.9 Å². The third-order valence-corrected chi connectivity index (χ3v) is 10.7. The monoisotopic (exact) mass is 1060 g/mol. The second-order valence-electron chi connectivity index (χ2n) is 15.8. The Kier molecular flexibility index (Phi) is 23.4. The molecule has 4 aromatic rings. The van der Waals surface area contributed by atoms with Crippen molar-refractivity contribution in [2.45, 2.75) is 75.2 Å². The Hall–Kier alpha value is -6.28. The first-order chi connectivity index (χ1) is 34.6. The van der Waals surface area contributed by atoms with Crippen LogP contribution >= 0.6 is 0 Å². The Balaban J connectivity index is 1.73. The number of rotatable bonds is 31. The topological polar surface area (TPSA) is 395 Å². The van der Waals surface area contributed by atoms with Crippen LogP contribution in [0.1, 0.15) is 52.0 Å². The maximum atomic E-state index is 14.1. The van der Waals surface area contributed by atoms with Gasteiger partial charge in [0.15, 0.2) is 34.3 Å². The highest BCUT2D eigenvalue weighted by molar-refractivity contribution is 7.92. The lowest BCUT2D eigenvalue weighted by Gasteiger charge is -2.22. The van der Waals surface area contributed by atoms with E-state index in [9.17, 15) is 18.0 Å². The van der Waals surface area contributed by atoms with Crippen LogP contribution < -0.4 is 23.7 Å². The fourth-order valence-corrected chi connectivity index (χ4v) is 6.85. The Morgan fingerprint density at radius 3 is 1.90 bits per heavy atom. The van der Waals surface area contributed by atoms with Gasteiger partial charge in [0.2, 0.25) is 5.75 Å². The summed E-state index contributed by atoms with van der Waals surface area (Å²) < 4.78 is 69.7. The van der Waals surface area contributed by atoms with Gasteiger partial charge in [-0.1, -0.05) is 39.0 Å². The fourth-order valence-electron chi connectivity index (χ4n) is 5.92. The van der Waals surface area contributed by atoms with Crippen LogP contribution in [0.5, 0.6) is 28.9 Å². The molecule has 0 spiro atoms. The normalized spacial score (nSPS) is 13.2. The van der Waals surface area contributed by atoms with Gasteiger partial charge in [0.05, 0.1) is 42.4 Å². The minimum atomic E-state index is -4.57. The predicted octanol–water partition coefficient (Wildman–Crippen LogP) is 4.24. The molecule has 0 radical (unpaired) electrons. The molecule has 3 atom stereocenters. The molecule has 0 aliphatic heterocycles. The van der Waals surface area contributed by atoms with Gasteiger partial charge in [0.25, 0.3) is 15.9 Å². The third-order valence-electron chi connectivity index (χ3n) is 9.47. The van der Waals surface area contributed by atoms with Crippen LogP contribution in [0, 0.1) is 0 Å². The van der Waals surface area contributed by atoms with Crippen LogP contribution in [0.25, 0.3) is 11.4 Å². The molecule has 404 valence electrons. The molecule has 2 aromatic carbocycles. The van der Waals surface area contributed by atoms with Gasteiger partial charge in [0, 0.05) is 24.6 Å². The number of benzene rings is 2. The van der Waals surface area contributed by atoms with E-state index in [1.807, 2.05) is 20.8 Å². The van der Waals surface area contributed by atoms with E-state index in [0.29, 0.717) is 11.3 Å². The van der Waals surface area contributed by atoms with E-state index in [1.54, 1.807) is 48.5 Å². The molecule has 3 unspecified atom stereocenters. The van der Waals surface area contributed by atoms with Crippen LogP contribution in [-0.2, 0) is 53.8 Å². The second kappa shape index (κ2) is 28.8. The molecule has 0 bridgehead atoms. The zero-order valence-corrected chi connectivity index (χ0v) is 40.5. The van der Waals surface area contributed by atoms with Gasteiger partial charge >= 0.3 is 12.1 Å². The molecular weight excluding hydrogens is 1000 g/mol. The highest BCUT2D eigenvalue weighted by atomic mass is 32.2. The van der Waals surface area contributed by atoms with Gasteiger partial charge in [-0.15, -0.1) is 0 Å². The smallest absolute Gasteiger partial charge is 0.497 e. The summed E-state index contributed by atoms with van der Waals surface area (Å²) in [7, 11) is -1.77. The molecule has 0 amide bonds. The summed E-state index contributed by atoms with van der Waals surface area (Å²) in [5.41, 5.74) is 0.692. The maximum Gasteiger partial charge on any atom is 0.508 e. The standard InChI is InChI=1S/C41H56N8O23S/c1-41(2,3)27-15-18-34(42-21-27)73(60,61)45-38-36(70-33-11-7-6-10-32(33)63-5)39(44-37(43-38)26-13-16-28(62-4)17-14-26)65-22-31(69-35(50)12-8-9-29(71-48(56)57)24-67-46(52)53)23-66-40(51)64-20-19-30(72-49(58)59)25-68-47(54)55/h6-7,10-11,13-18,21,29-31,52-59H,8-9,12,19-20,22-25H2,1-5H3,(H,43,44,45). The molecule has 0 fully saturated rings. The molecule has 2 heterocycles. The molecule has 0 saturated carbocycles. The number of esters is 1. The maximum absolute atomic E-state index is 14.1. The predicted molar refractivity (Wildman–Crippen MR) is 235 cm³/mol. The Morgan fingerprint density at radius 1 is 0.712 bits per heavy atom. The number of pyridine rings is 1. The Bertz CT molecular complexity index is 2430. The van der Waals surface area contributed by atoms with Gasteiger partial charge in [-0.3, -0.25) is 51.2 Å². The number of aromatic nitrogens is 3. The molecule has 31 nitrogen and oxygen atoms in total. The number of nitrogens with zero attached hydrogens (tertiary/aromatic N) is 7. The number of para-hydroxylation sites is 2. The summed E-state index contributed by atoms with van der Waals surface area (Å²) in [6.45, 7) is 2.36. The van der Waals surface area contributed by atoms with E-state index in [2.05, 4.69) is 39.0 Å². The van der Waals surface area contributed by atoms with Crippen molar-refractivity contribution in [2.24, 2.45) is 0 Å². The van der Waals surface area contributed by atoms with Crippen LogP contribution in [0.2, 0.25) is 0 Å². The van der Waals surface area contributed by atoms with E-state index in [0.717, 1.165) is 5.56 Å². The zero-order valence-electron chi connectivity index (χ0n) is 39.7. The first-order valence-electron chi connectivity index (χ1n) is 21.4. The molecule has 0 aliphatic rings. The van der Waals surface area contributed by atoms with Crippen molar-refractivity contribution in [1.29, 1.82) is 0 Å². The summed E-state index contributed by atoms with van der Waals surface area (Å²) in [5, 5.41) is 68.7. The quantitative estimate of drug-likeness (QED) is 0.0251. The molecule has 0 saturated heterocycles. The van der Waals surface area contributed by atoms with Crippen molar-refractivity contribution in [2.75, 3.05) is 52.0 Å². The van der Waals surface area contributed by atoms with E-state index in [1.165, 1.54) is 32.5 Å². The SMILES string of the molecule is COc1ccc(-c2nc(NS(=O)(=O)c3ccc(C(C)(C)C)cn3)c(Oc3ccccc3OC)c(OCC(COC(=O)OCCC(CON(O)O)ON(O)O)OC(=O)CCCC(CON(O)O)ON(O)O)n2)cc1. The van der Waals surface area contributed by atoms with Crippen molar-refractivity contribution < 1.29 is 112 Å². The lowest BCUT2D eigenvalue weighted by molar-refractivity contribution is -0.527. The van der Waals surface area contributed by atoms with Crippen LogP contribution in [0.3, 0.4) is 0 Å². The van der Waals surface area contributed by atoms with Gasteiger partial charge < -0.3 is 33.2 Å². The number of sulfonamides is 1. The molecule has 0 aliphatic carbocycles. The lowest BCUT2D eigenvalue weighted by Crippen LogP contribution is -2.33. The molecule has 2 aromatic heterocycles. The minimum absolute atomic E-state index is 0.0247. The van der Waals surface area contributed by atoms with Gasteiger partial charge in [-0.05, 0) is 66.3 Å². The summed E-state index contributed by atoms with van der Waals surface area (Å²) in [6.07, 6.45) is -5.17. The summed E-state index contributed by atoms with van der Waals surface area (Å²) in [4.78, 5) is 57.6. The van der Waals surface area contributed by atoms with E-state index in [-0.39, 0.29) is 42.0 Å². The number of hydrogen-bond acceptors (Lipinski definition) is 30. The first-order valence-corrected chi connectivity index (χ1v) is 22.8. The number of hydrogen-bond donors (Lipinski definition) is 9. The number of nitrogens with one attached hydrogen (secondary N) is 1. The zero-order chi connectivity index (χ0) is 53.7. The molecule has 32 heteroatoms. The number of ether oxygens (including phenoxy) is 7. The van der Waals surface area contributed by atoms with Crippen LogP contribution in [-0.4, -0.2) is 164 Å². The molecule has 9 N–H and O–H groups in total. The highest BCUT2D eigenvalue weighted by Gasteiger charge is 2.29. The number of carbonyl (C=O) groups is 2. The van der Waals surface area contributed by atoms with Crippen molar-refractivity contribution in [1.82, 2.24) is 36.5 Å². The average Bonchev–Trinajstić information content (AvgIpc) is 3.33. The Morgan fingerprint density at radius 2 is 1.34 bits per heavy atom. The van der Waals surface area contributed by atoms with Crippen molar-refractivity contribution in [3.8, 4) is 40.3 Å². The van der Waals surface area contributed by atoms with E-state index in [4.69, 9.17) is 74.8 Å². The number of anilines is 1. The summed E-state index contributed by atoms with van der Waals surface area (Å²) in [6, 6.07) is 15.5. The minimum Gasteiger partial charge on any atom is -0.497 e. The average molecular weight is 1060 g/mol. The lowest BCUT2D eigenvalue weighted by atomic mass is 9.88. The number of carbonyl (C=O) groups excluding carboxylic acids is 2.